The summed E-state index contributed by atoms with van der Waals surface area (Å²) in [6.07, 6.45) is 0.123. The van der Waals surface area contributed by atoms with Crippen molar-refractivity contribution in [2.75, 3.05) is 9.21 Å². The van der Waals surface area contributed by atoms with Crippen molar-refractivity contribution in [2.24, 2.45) is 11.8 Å². The molecule has 3 aromatic rings. The Morgan fingerprint density at radius 3 is 2.16 bits per heavy atom. The van der Waals surface area contributed by atoms with E-state index in [9.17, 15) is 22.8 Å². The molecule has 0 aromatic heterocycles. The van der Waals surface area contributed by atoms with Gasteiger partial charge in [-0.3, -0.25) is 18.7 Å². The monoisotopic (exact) mass is 513 g/mol. The highest BCUT2D eigenvalue weighted by molar-refractivity contribution is 7.93. The maximum absolute atomic E-state index is 14.1. The normalized spacial score (nSPS) is 22.6. The molecule has 2 heterocycles. The lowest BCUT2D eigenvalue weighted by Gasteiger charge is -2.36. The van der Waals surface area contributed by atoms with Crippen LogP contribution in [0.4, 0.5) is 11.4 Å². The number of anilines is 2. The number of hydrogen-bond acceptors (Lipinski definition) is 5. The van der Waals surface area contributed by atoms with E-state index >= 15 is 0 Å². The lowest BCUT2D eigenvalue weighted by atomic mass is 9.75. The lowest BCUT2D eigenvalue weighted by molar-refractivity contribution is -0.123. The highest BCUT2D eigenvalue weighted by Gasteiger charge is 2.60. The number of para-hydroxylation sites is 2. The fraction of sp³-hybridized carbons (Fsp3) is 0.179. The van der Waals surface area contributed by atoms with Gasteiger partial charge < -0.3 is 5.32 Å². The molecule has 0 unspecified atom stereocenters. The van der Waals surface area contributed by atoms with E-state index in [1.165, 1.54) is 23.4 Å². The fourth-order valence-electron chi connectivity index (χ4n) is 5.78. The minimum atomic E-state index is -4.13. The van der Waals surface area contributed by atoms with E-state index in [-0.39, 0.29) is 17.2 Å². The molecule has 3 aliphatic rings. The van der Waals surface area contributed by atoms with Crippen molar-refractivity contribution in [3.63, 3.8) is 0 Å². The molecular weight excluding hydrogens is 490 g/mol. The minimum absolute atomic E-state index is 0.0749. The number of rotatable bonds is 4. The number of nitrogens with zero attached hydrogens (tertiary/aromatic N) is 2. The van der Waals surface area contributed by atoms with Crippen molar-refractivity contribution < 1.29 is 22.8 Å². The molecule has 1 aliphatic carbocycles. The van der Waals surface area contributed by atoms with Gasteiger partial charge in [-0.1, -0.05) is 54.6 Å². The minimum Gasteiger partial charge on any atom is -0.330 e. The van der Waals surface area contributed by atoms with Gasteiger partial charge in [0, 0.05) is 30.2 Å². The van der Waals surface area contributed by atoms with Crippen LogP contribution in [0, 0.1) is 11.8 Å². The zero-order valence-electron chi connectivity index (χ0n) is 19.9. The summed E-state index contributed by atoms with van der Waals surface area (Å²) < 4.78 is 29.5. The average Bonchev–Trinajstić information content (AvgIpc) is 3.37. The highest BCUT2D eigenvalue weighted by Crippen LogP contribution is 2.54. The summed E-state index contributed by atoms with van der Waals surface area (Å²) >= 11 is 0. The average molecular weight is 514 g/mol. The quantitative estimate of drug-likeness (QED) is 0.539. The van der Waals surface area contributed by atoms with Gasteiger partial charge in [-0.2, -0.15) is 0 Å². The Balaban J connectivity index is 1.59. The highest BCUT2D eigenvalue weighted by atomic mass is 32.2. The van der Waals surface area contributed by atoms with Gasteiger partial charge in [-0.15, -0.1) is 0 Å². The molecule has 3 amide bonds. The van der Waals surface area contributed by atoms with E-state index in [0.717, 1.165) is 4.90 Å². The van der Waals surface area contributed by atoms with Gasteiger partial charge in [0.05, 0.1) is 34.1 Å². The number of amides is 3. The molecular formula is C28H23N3O5S. The van der Waals surface area contributed by atoms with E-state index < -0.39 is 39.7 Å². The van der Waals surface area contributed by atoms with E-state index in [0.29, 0.717) is 28.2 Å². The van der Waals surface area contributed by atoms with Crippen LogP contribution in [0.25, 0.3) is 5.57 Å². The molecule has 8 nitrogen and oxygen atoms in total. The van der Waals surface area contributed by atoms with Crippen molar-refractivity contribution in [1.29, 1.82) is 0 Å². The third-order valence-corrected chi connectivity index (χ3v) is 9.00. The van der Waals surface area contributed by atoms with Gasteiger partial charge in [0.25, 0.3) is 10.0 Å². The van der Waals surface area contributed by atoms with Crippen LogP contribution < -0.4 is 14.5 Å². The molecule has 0 spiro atoms. The third-order valence-electron chi connectivity index (χ3n) is 7.19. The largest absolute Gasteiger partial charge is 0.330 e. The first kappa shape index (κ1) is 23.2. The van der Waals surface area contributed by atoms with Gasteiger partial charge in [-0.05, 0) is 30.3 Å². The third kappa shape index (κ3) is 3.41. The van der Waals surface area contributed by atoms with Crippen molar-refractivity contribution in [3.8, 4) is 0 Å². The number of benzene rings is 3. The Hall–Kier alpha value is -4.24. The number of allylic oxidation sites excluding steroid dienone is 1. The molecule has 6 rings (SSSR count). The van der Waals surface area contributed by atoms with Gasteiger partial charge in [0.2, 0.25) is 17.7 Å². The number of nitrogens with one attached hydrogen (secondary N) is 1. The Morgan fingerprint density at radius 2 is 1.49 bits per heavy atom. The Morgan fingerprint density at radius 1 is 0.865 bits per heavy atom. The number of imide groups is 1. The maximum Gasteiger partial charge on any atom is 0.264 e. The first-order valence-corrected chi connectivity index (χ1v) is 13.4. The Kier molecular flexibility index (Phi) is 5.27. The van der Waals surface area contributed by atoms with Crippen molar-refractivity contribution in [1.82, 2.24) is 5.32 Å². The van der Waals surface area contributed by atoms with Crippen molar-refractivity contribution in [3.05, 3.63) is 96.2 Å². The number of hydrogen-bond donors (Lipinski definition) is 1. The second-order valence-electron chi connectivity index (χ2n) is 9.33. The summed E-state index contributed by atoms with van der Waals surface area (Å²) in [5, 5.41) is 2.85. The van der Waals surface area contributed by atoms with Gasteiger partial charge in [0.1, 0.15) is 0 Å². The van der Waals surface area contributed by atoms with Crippen molar-refractivity contribution >= 4 is 44.7 Å². The number of fused-ring (bicyclic) bond motifs is 5. The molecule has 3 aromatic carbocycles. The standard InChI is InChI=1S/C28H23N3O5S/c1-17(32)29-22-16-21-25(28(34)30(27(21)33)18-10-4-2-5-11-18)26-24(22)20-14-8-9-15-23(20)31(26)37(35,36)19-12-6-3-7-13-19/h2-15,21,25-26H,16H2,1H3,(H,29,32)/t21-,25-,26+/m0/s1. The zero-order valence-corrected chi connectivity index (χ0v) is 20.7. The van der Waals surface area contributed by atoms with Crippen LogP contribution in [0.5, 0.6) is 0 Å². The first-order valence-electron chi connectivity index (χ1n) is 11.9. The second-order valence-corrected chi connectivity index (χ2v) is 11.1. The topological polar surface area (TPSA) is 104 Å². The SMILES string of the molecule is CC(=O)NC1=C2c3ccccc3N(S(=O)(=O)c3ccccc3)[C@H]2[C@H]2C(=O)N(c3ccccc3)C(=O)[C@H]2C1. The van der Waals surface area contributed by atoms with E-state index in [1.807, 2.05) is 0 Å². The molecule has 9 heteroatoms. The zero-order chi connectivity index (χ0) is 25.9. The predicted molar refractivity (Wildman–Crippen MR) is 138 cm³/mol. The lowest BCUT2D eigenvalue weighted by Crippen LogP contribution is -2.49. The summed E-state index contributed by atoms with van der Waals surface area (Å²) in [4.78, 5) is 41.1. The van der Waals surface area contributed by atoms with E-state index in [4.69, 9.17) is 0 Å². The van der Waals surface area contributed by atoms with Gasteiger partial charge in [0.15, 0.2) is 0 Å². The molecule has 186 valence electrons. The van der Waals surface area contributed by atoms with Crippen LogP contribution >= 0.6 is 0 Å². The molecule has 3 atom stereocenters. The van der Waals surface area contributed by atoms with Crippen LogP contribution in [0.3, 0.4) is 0 Å². The summed E-state index contributed by atoms with van der Waals surface area (Å²) in [6, 6.07) is 22.6. The van der Waals surface area contributed by atoms with Crippen molar-refractivity contribution in [2.45, 2.75) is 24.3 Å². The fourth-order valence-corrected chi connectivity index (χ4v) is 7.46. The smallest absolute Gasteiger partial charge is 0.264 e. The molecule has 1 N–H and O–H groups in total. The molecule has 1 fully saturated rings. The summed E-state index contributed by atoms with van der Waals surface area (Å²) in [5.74, 6) is -2.97. The van der Waals surface area contributed by atoms with Crippen LogP contribution in [0.15, 0.2) is 95.5 Å². The van der Waals surface area contributed by atoms with Gasteiger partial charge in [-0.25, -0.2) is 13.3 Å². The number of carbonyl (C=O) groups is 3. The summed E-state index contributed by atoms with van der Waals surface area (Å²) in [7, 11) is -4.13. The molecule has 37 heavy (non-hydrogen) atoms. The number of carbonyl (C=O) groups excluding carboxylic acids is 3. The van der Waals surface area contributed by atoms with Crippen LogP contribution in [-0.2, 0) is 24.4 Å². The Bertz CT molecular complexity index is 1580. The molecule has 0 bridgehead atoms. The second kappa shape index (κ2) is 8.41. The van der Waals surface area contributed by atoms with Gasteiger partial charge >= 0.3 is 0 Å². The maximum atomic E-state index is 14.1. The Labute approximate surface area is 214 Å². The summed E-state index contributed by atoms with van der Waals surface area (Å²) in [5.41, 5.74) is 2.49. The van der Waals surface area contributed by atoms with Crippen LogP contribution in [0.2, 0.25) is 0 Å². The molecule has 1 saturated heterocycles. The van der Waals surface area contributed by atoms with Crippen LogP contribution in [-0.4, -0.2) is 32.2 Å². The number of sulfonamides is 1. The van der Waals surface area contributed by atoms with E-state index in [2.05, 4.69) is 5.32 Å². The van der Waals surface area contributed by atoms with E-state index in [1.54, 1.807) is 72.8 Å². The summed E-state index contributed by atoms with van der Waals surface area (Å²) in [6.45, 7) is 1.37. The molecule has 0 saturated carbocycles. The van der Waals surface area contributed by atoms with Crippen LogP contribution in [0.1, 0.15) is 18.9 Å². The first-order chi connectivity index (χ1) is 17.8. The predicted octanol–water partition coefficient (Wildman–Crippen LogP) is 3.32. The molecule has 2 aliphatic heterocycles. The molecule has 0 radical (unpaired) electrons.